The molecule has 1 rings (SSSR count). The van der Waals surface area contributed by atoms with Crippen molar-refractivity contribution in [2.24, 2.45) is 0 Å². The molecule has 1 aromatic heterocycles. The summed E-state index contributed by atoms with van der Waals surface area (Å²) in [4.78, 5) is 14.0. The van der Waals surface area contributed by atoms with Crippen molar-refractivity contribution in [1.29, 1.82) is 5.26 Å². The molecule has 82 valence electrons. The van der Waals surface area contributed by atoms with Gasteiger partial charge in [-0.1, -0.05) is 6.08 Å². The molecule has 0 saturated heterocycles. The molecule has 0 unspecified atom stereocenters. The highest BCUT2D eigenvalue weighted by Gasteiger charge is 2.20. The van der Waals surface area contributed by atoms with Crippen molar-refractivity contribution < 1.29 is 4.92 Å². The highest BCUT2D eigenvalue weighted by molar-refractivity contribution is 5.63. The largest absolute Gasteiger partial charge is 0.364 e. The highest BCUT2D eigenvalue weighted by atomic mass is 16.6. The topological polar surface area (TPSA) is 91.8 Å². The Morgan fingerprint density at radius 3 is 3.06 bits per heavy atom. The molecule has 0 fully saturated rings. The first-order chi connectivity index (χ1) is 7.70. The molecule has 6 nitrogen and oxygen atoms in total. The summed E-state index contributed by atoms with van der Waals surface area (Å²) in [5, 5.41) is 22.3. The van der Waals surface area contributed by atoms with Crippen LogP contribution >= 0.6 is 0 Å². The van der Waals surface area contributed by atoms with Crippen LogP contribution in [0.2, 0.25) is 0 Å². The maximum absolute atomic E-state index is 10.8. The maximum atomic E-state index is 10.8. The first-order valence-electron chi connectivity index (χ1n) is 4.59. The van der Waals surface area contributed by atoms with Gasteiger partial charge in [0, 0.05) is 12.7 Å². The van der Waals surface area contributed by atoms with Crippen molar-refractivity contribution in [3.8, 4) is 6.07 Å². The average molecular weight is 218 g/mol. The standard InChI is InChI=1S/C10H10N4O2/c1-2-3-5-12-10-9(14(15)16)8(7-11)4-6-13-10/h2,4,6H,1,3,5H2,(H,12,13). The van der Waals surface area contributed by atoms with Crippen LogP contribution in [-0.2, 0) is 0 Å². The second-order valence-electron chi connectivity index (χ2n) is 2.93. The minimum absolute atomic E-state index is 0.00102. The van der Waals surface area contributed by atoms with Gasteiger partial charge in [0.25, 0.3) is 0 Å². The van der Waals surface area contributed by atoms with Gasteiger partial charge in [0.1, 0.15) is 11.6 Å². The number of rotatable bonds is 5. The van der Waals surface area contributed by atoms with Gasteiger partial charge in [-0.25, -0.2) is 4.98 Å². The number of anilines is 1. The summed E-state index contributed by atoms with van der Waals surface area (Å²) in [6.07, 6.45) is 3.71. The normalized spacial score (nSPS) is 9.19. The molecular weight excluding hydrogens is 208 g/mol. The van der Waals surface area contributed by atoms with Crippen LogP contribution in [0.3, 0.4) is 0 Å². The average Bonchev–Trinajstić information content (AvgIpc) is 2.28. The fourth-order valence-electron chi connectivity index (χ4n) is 1.15. The van der Waals surface area contributed by atoms with Crippen molar-refractivity contribution in [3.05, 3.63) is 40.6 Å². The van der Waals surface area contributed by atoms with Gasteiger partial charge in [0.05, 0.1) is 4.92 Å². The summed E-state index contributed by atoms with van der Waals surface area (Å²) < 4.78 is 0. The summed E-state index contributed by atoms with van der Waals surface area (Å²) >= 11 is 0. The van der Waals surface area contributed by atoms with Gasteiger partial charge in [-0.3, -0.25) is 10.1 Å². The molecule has 0 saturated carbocycles. The molecule has 0 spiro atoms. The molecule has 0 aromatic carbocycles. The molecule has 0 atom stereocenters. The number of nitrogens with zero attached hydrogens (tertiary/aromatic N) is 3. The van der Waals surface area contributed by atoms with Crippen molar-refractivity contribution in [2.75, 3.05) is 11.9 Å². The number of nitriles is 1. The smallest absolute Gasteiger partial charge is 0.328 e. The number of hydrogen-bond donors (Lipinski definition) is 1. The van der Waals surface area contributed by atoms with Crippen LogP contribution in [0.1, 0.15) is 12.0 Å². The second kappa shape index (κ2) is 5.46. The minimum atomic E-state index is -0.609. The lowest BCUT2D eigenvalue weighted by Gasteiger charge is -2.04. The molecule has 1 heterocycles. The van der Waals surface area contributed by atoms with Crippen LogP contribution in [0.4, 0.5) is 11.5 Å². The Morgan fingerprint density at radius 1 is 1.75 bits per heavy atom. The van der Waals surface area contributed by atoms with E-state index in [-0.39, 0.29) is 17.1 Å². The van der Waals surface area contributed by atoms with Crippen LogP contribution in [0.5, 0.6) is 0 Å². The Labute approximate surface area is 92.4 Å². The first kappa shape index (κ1) is 11.7. The lowest BCUT2D eigenvalue weighted by Crippen LogP contribution is -2.06. The maximum Gasteiger partial charge on any atom is 0.328 e. The predicted molar refractivity (Wildman–Crippen MR) is 58.9 cm³/mol. The first-order valence-corrected chi connectivity index (χ1v) is 4.59. The van der Waals surface area contributed by atoms with Crippen LogP contribution in [0, 0.1) is 21.4 Å². The minimum Gasteiger partial charge on any atom is -0.364 e. The SMILES string of the molecule is C=CCCNc1nccc(C#N)c1[N+](=O)[O-]. The number of nitrogens with one attached hydrogen (secondary N) is 1. The summed E-state index contributed by atoms with van der Waals surface area (Å²) in [7, 11) is 0. The Morgan fingerprint density at radius 2 is 2.50 bits per heavy atom. The molecule has 16 heavy (non-hydrogen) atoms. The Bertz CT molecular complexity index is 451. The molecule has 6 heteroatoms. The highest BCUT2D eigenvalue weighted by Crippen LogP contribution is 2.25. The molecule has 0 aliphatic heterocycles. The predicted octanol–water partition coefficient (Wildman–Crippen LogP) is 1.85. The van der Waals surface area contributed by atoms with Crippen LogP contribution in [0.15, 0.2) is 24.9 Å². The van der Waals surface area contributed by atoms with Crippen molar-refractivity contribution in [1.82, 2.24) is 4.98 Å². The molecule has 0 bridgehead atoms. The number of nitro groups is 1. The summed E-state index contributed by atoms with van der Waals surface area (Å²) in [5.74, 6) is 0.117. The van der Waals surface area contributed by atoms with Gasteiger partial charge in [-0.15, -0.1) is 6.58 Å². The summed E-state index contributed by atoms with van der Waals surface area (Å²) in [6, 6.07) is 3.08. The van der Waals surface area contributed by atoms with E-state index in [1.807, 2.05) is 0 Å². The van der Waals surface area contributed by atoms with Gasteiger partial charge in [0.15, 0.2) is 0 Å². The lowest BCUT2D eigenvalue weighted by atomic mass is 10.2. The summed E-state index contributed by atoms with van der Waals surface area (Å²) in [6.45, 7) is 4.03. The van der Waals surface area contributed by atoms with Gasteiger partial charge < -0.3 is 5.32 Å². The third kappa shape index (κ3) is 2.54. The molecule has 1 aromatic rings. The van der Waals surface area contributed by atoms with Crippen molar-refractivity contribution >= 4 is 11.5 Å². The fraction of sp³-hybridized carbons (Fsp3) is 0.200. The van der Waals surface area contributed by atoms with E-state index in [1.54, 1.807) is 12.1 Å². The van der Waals surface area contributed by atoms with Crippen molar-refractivity contribution in [3.63, 3.8) is 0 Å². The van der Waals surface area contributed by atoms with E-state index in [2.05, 4.69) is 16.9 Å². The fourth-order valence-corrected chi connectivity index (χ4v) is 1.15. The Kier molecular flexibility index (Phi) is 3.98. The number of pyridine rings is 1. The second-order valence-corrected chi connectivity index (χ2v) is 2.93. The molecule has 0 amide bonds. The van der Waals surface area contributed by atoms with E-state index in [0.29, 0.717) is 13.0 Å². The zero-order valence-corrected chi connectivity index (χ0v) is 8.51. The van der Waals surface area contributed by atoms with Gasteiger partial charge in [-0.05, 0) is 12.5 Å². The van der Waals surface area contributed by atoms with Gasteiger partial charge >= 0.3 is 5.69 Å². The van der Waals surface area contributed by atoms with E-state index in [1.165, 1.54) is 12.3 Å². The Balaban J connectivity index is 3.03. The number of aromatic nitrogens is 1. The molecule has 1 N–H and O–H groups in total. The quantitative estimate of drug-likeness (QED) is 0.352. The molecule has 0 radical (unpaired) electrons. The van der Waals surface area contributed by atoms with Crippen LogP contribution in [-0.4, -0.2) is 16.5 Å². The number of hydrogen-bond acceptors (Lipinski definition) is 5. The van der Waals surface area contributed by atoms with Crippen LogP contribution < -0.4 is 5.32 Å². The van der Waals surface area contributed by atoms with E-state index < -0.39 is 4.92 Å². The van der Waals surface area contributed by atoms with E-state index in [4.69, 9.17) is 5.26 Å². The van der Waals surface area contributed by atoms with Gasteiger partial charge in [0.2, 0.25) is 5.82 Å². The summed E-state index contributed by atoms with van der Waals surface area (Å²) in [5.41, 5.74) is -0.282. The third-order valence-corrected chi connectivity index (χ3v) is 1.87. The zero-order valence-electron chi connectivity index (χ0n) is 8.51. The molecule has 0 aliphatic carbocycles. The molecular formula is C10H10N4O2. The molecule has 0 aliphatic rings. The monoisotopic (exact) mass is 218 g/mol. The van der Waals surface area contributed by atoms with Crippen LogP contribution in [0.25, 0.3) is 0 Å². The van der Waals surface area contributed by atoms with E-state index in [0.717, 1.165) is 0 Å². The van der Waals surface area contributed by atoms with Gasteiger partial charge in [-0.2, -0.15) is 5.26 Å². The zero-order chi connectivity index (χ0) is 12.0. The van der Waals surface area contributed by atoms with E-state index in [9.17, 15) is 10.1 Å². The Hall–Kier alpha value is -2.42. The van der Waals surface area contributed by atoms with Crippen molar-refractivity contribution in [2.45, 2.75) is 6.42 Å². The van der Waals surface area contributed by atoms with E-state index >= 15 is 0 Å². The lowest BCUT2D eigenvalue weighted by molar-refractivity contribution is -0.384. The third-order valence-electron chi connectivity index (χ3n) is 1.87.